The van der Waals surface area contributed by atoms with Gasteiger partial charge < -0.3 is 14.5 Å². The highest BCUT2D eigenvalue weighted by molar-refractivity contribution is 5.94. The van der Waals surface area contributed by atoms with Crippen molar-refractivity contribution in [2.45, 2.75) is 32.8 Å². The van der Waals surface area contributed by atoms with Crippen molar-refractivity contribution in [3.05, 3.63) is 35.9 Å². The lowest BCUT2D eigenvalue weighted by molar-refractivity contribution is -0.124. The van der Waals surface area contributed by atoms with Crippen molar-refractivity contribution < 1.29 is 13.9 Å². The van der Waals surface area contributed by atoms with Crippen LogP contribution in [0.1, 0.15) is 24.5 Å². The van der Waals surface area contributed by atoms with Crippen molar-refractivity contribution in [3.63, 3.8) is 0 Å². The largest absolute Gasteiger partial charge is 0.446 e. The third-order valence-electron chi connectivity index (χ3n) is 3.55. The van der Waals surface area contributed by atoms with Gasteiger partial charge in [0.25, 0.3) is 5.91 Å². The molecule has 0 radical (unpaired) electrons. The molecule has 1 N–H and O–H groups in total. The first kappa shape index (κ1) is 13.8. The average Bonchev–Trinajstić information content (AvgIpc) is 3.09. The number of hydrogen-bond acceptors (Lipinski definition) is 4. The van der Waals surface area contributed by atoms with Gasteiger partial charge in [-0.15, -0.1) is 0 Å². The van der Waals surface area contributed by atoms with Crippen LogP contribution in [0.4, 0.5) is 5.69 Å². The highest BCUT2D eigenvalue weighted by Gasteiger charge is 2.23. The van der Waals surface area contributed by atoms with Gasteiger partial charge in [0.05, 0.1) is 0 Å². The number of amides is 1. The Morgan fingerprint density at radius 3 is 2.62 bits per heavy atom. The molecule has 1 aliphatic rings. The molecule has 0 bridgehead atoms. The summed E-state index contributed by atoms with van der Waals surface area (Å²) in [4.78, 5) is 16.3. The Balaban J connectivity index is 1.72. The van der Waals surface area contributed by atoms with Crippen LogP contribution in [0.25, 0.3) is 11.3 Å². The molecular formula is C16H18N2O3. The van der Waals surface area contributed by atoms with Crippen LogP contribution in [-0.2, 0) is 9.53 Å². The minimum Gasteiger partial charge on any atom is -0.446 e. The maximum absolute atomic E-state index is 12.0. The highest BCUT2D eigenvalue weighted by Crippen LogP contribution is 2.25. The quantitative estimate of drug-likeness (QED) is 0.941. The predicted molar refractivity (Wildman–Crippen MR) is 79.0 cm³/mol. The zero-order chi connectivity index (χ0) is 14.8. The van der Waals surface area contributed by atoms with Gasteiger partial charge in [0.1, 0.15) is 17.6 Å². The van der Waals surface area contributed by atoms with Crippen LogP contribution < -0.4 is 5.32 Å². The molecule has 1 saturated heterocycles. The Kier molecular flexibility index (Phi) is 3.75. The number of hydrogen-bond donors (Lipinski definition) is 1. The average molecular weight is 286 g/mol. The standard InChI is InChI=1S/C16H18N2O3/c1-10-15(17-11(2)21-10)12-5-7-13(8-6-12)18-16(19)14-4-3-9-20-14/h5-8,14H,3-4,9H2,1-2H3,(H,18,19). The summed E-state index contributed by atoms with van der Waals surface area (Å²) < 4.78 is 10.8. The van der Waals surface area contributed by atoms with Crippen molar-refractivity contribution in [1.29, 1.82) is 0 Å². The lowest BCUT2D eigenvalue weighted by Crippen LogP contribution is -2.26. The molecule has 0 aliphatic carbocycles. The van der Waals surface area contributed by atoms with Gasteiger partial charge >= 0.3 is 0 Å². The van der Waals surface area contributed by atoms with E-state index in [0.717, 1.165) is 35.5 Å². The summed E-state index contributed by atoms with van der Waals surface area (Å²) in [6.07, 6.45) is 1.42. The summed E-state index contributed by atoms with van der Waals surface area (Å²) in [6, 6.07) is 7.59. The topological polar surface area (TPSA) is 64.4 Å². The van der Waals surface area contributed by atoms with Gasteiger partial charge in [-0.25, -0.2) is 4.98 Å². The Morgan fingerprint density at radius 2 is 2.05 bits per heavy atom. The monoisotopic (exact) mass is 286 g/mol. The lowest BCUT2D eigenvalue weighted by atomic mass is 10.1. The summed E-state index contributed by atoms with van der Waals surface area (Å²) in [5, 5.41) is 2.87. The van der Waals surface area contributed by atoms with Gasteiger partial charge in [-0.05, 0) is 31.9 Å². The molecule has 1 aromatic carbocycles. The van der Waals surface area contributed by atoms with Crippen LogP contribution in [0.2, 0.25) is 0 Å². The van der Waals surface area contributed by atoms with E-state index in [2.05, 4.69) is 10.3 Å². The van der Waals surface area contributed by atoms with Gasteiger partial charge in [-0.1, -0.05) is 12.1 Å². The molecule has 5 nitrogen and oxygen atoms in total. The van der Waals surface area contributed by atoms with E-state index in [1.54, 1.807) is 0 Å². The number of aromatic nitrogens is 1. The van der Waals surface area contributed by atoms with E-state index in [0.29, 0.717) is 12.5 Å². The zero-order valence-electron chi connectivity index (χ0n) is 12.2. The van der Waals surface area contributed by atoms with Crippen LogP contribution >= 0.6 is 0 Å². The number of nitrogens with zero attached hydrogens (tertiary/aromatic N) is 1. The second kappa shape index (κ2) is 5.69. The summed E-state index contributed by atoms with van der Waals surface area (Å²) in [5.41, 5.74) is 2.57. The van der Waals surface area contributed by atoms with Gasteiger partial charge in [-0.3, -0.25) is 4.79 Å². The smallest absolute Gasteiger partial charge is 0.253 e. The number of ether oxygens (including phenoxy) is 1. The summed E-state index contributed by atoms with van der Waals surface area (Å²) >= 11 is 0. The van der Waals surface area contributed by atoms with Gasteiger partial charge in [0.15, 0.2) is 5.89 Å². The number of aryl methyl sites for hydroxylation is 2. The van der Waals surface area contributed by atoms with Gasteiger partial charge in [0, 0.05) is 24.8 Å². The molecule has 1 aliphatic heterocycles. The first-order chi connectivity index (χ1) is 10.1. The number of rotatable bonds is 3. The molecule has 1 atom stereocenters. The molecule has 0 saturated carbocycles. The molecule has 2 aromatic rings. The minimum absolute atomic E-state index is 0.0753. The Hall–Kier alpha value is -2.14. The maximum atomic E-state index is 12.0. The summed E-state index contributed by atoms with van der Waals surface area (Å²) in [6.45, 7) is 4.39. The highest BCUT2D eigenvalue weighted by atomic mass is 16.5. The van der Waals surface area contributed by atoms with Crippen molar-refractivity contribution >= 4 is 11.6 Å². The Morgan fingerprint density at radius 1 is 1.29 bits per heavy atom. The van der Waals surface area contributed by atoms with Crippen LogP contribution in [0.15, 0.2) is 28.7 Å². The second-order valence-electron chi connectivity index (χ2n) is 5.21. The molecular weight excluding hydrogens is 268 g/mol. The third-order valence-corrected chi connectivity index (χ3v) is 3.55. The fourth-order valence-electron chi connectivity index (χ4n) is 2.52. The maximum Gasteiger partial charge on any atom is 0.253 e. The van der Waals surface area contributed by atoms with Crippen LogP contribution in [-0.4, -0.2) is 23.6 Å². The van der Waals surface area contributed by atoms with E-state index in [4.69, 9.17) is 9.15 Å². The zero-order valence-corrected chi connectivity index (χ0v) is 12.2. The molecule has 21 heavy (non-hydrogen) atoms. The number of anilines is 1. The minimum atomic E-state index is -0.315. The fraction of sp³-hybridized carbons (Fsp3) is 0.375. The van der Waals surface area contributed by atoms with E-state index in [1.165, 1.54) is 0 Å². The van der Waals surface area contributed by atoms with Crippen molar-refractivity contribution in [3.8, 4) is 11.3 Å². The van der Waals surface area contributed by atoms with Crippen LogP contribution in [0.3, 0.4) is 0 Å². The second-order valence-corrected chi connectivity index (χ2v) is 5.21. The van der Waals surface area contributed by atoms with Gasteiger partial charge in [0.2, 0.25) is 0 Å². The van der Waals surface area contributed by atoms with E-state index in [1.807, 2.05) is 38.1 Å². The van der Waals surface area contributed by atoms with Crippen molar-refractivity contribution in [2.24, 2.45) is 0 Å². The predicted octanol–water partition coefficient (Wildman–Crippen LogP) is 3.08. The van der Waals surface area contributed by atoms with E-state index < -0.39 is 0 Å². The van der Waals surface area contributed by atoms with E-state index >= 15 is 0 Å². The molecule has 0 spiro atoms. The molecule has 110 valence electrons. The molecule has 1 amide bonds. The summed E-state index contributed by atoms with van der Waals surface area (Å²) in [5.74, 6) is 1.37. The number of nitrogens with one attached hydrogen (secondary N) is 1. The number of carbonyl (C=O) groups excluding carboxylic acids is 1. The molecule has 1 aromatic heterocycles. The molecule has 1 fully saturated rings. The van der Waals surface area contributed by atoms with E-state index in [9.17, 15) is 4.79 Å². The van der Waals surface area contributed by atoms with Crippen molar-refractivity contribution in [1.82, 2.24) is 4.98 Å². The first-order valence-electron chi connectivity index (χ1n) is 7.10. The van der Waals surface area contributed by atoms with Crippen molar-refractivity contribution in [2.75, 3.05) is 11.9 Å². The van der Waals surface area contributed by atoms with E-state index in [-0.39, 0.29) is 12.0 Å². The molecule has 2 heterocycles. The molecule has 5 heteroatoms. The SMILES string of the molecule is Cc1nc(-c2ccc(NC(=O)C3CCCO3)cc2)c(C)o1. The number of benzene rings is 1. The number of carbonyl (C=O) groups is 1. The Bertz CT molecular complexity index is 640. The fourth-order valence-corrected chi connectivity index (χ4v) is 2.52. The summed E-state index contributed by atoms with van der Waals surface area (Å²) in [7, 11) is 0. The molecule has 1 unspecified atom stereocenters. The molecule has 3 rings (SSSR count). The van der Waals surface area contributed by atoms with Crippen LogP contribution in [0, 0.1) is 13.8 Å². The normalized spacial score (nSPS) is 17.9. The lowest BCUT2D eigenvalue weighted by Gasteiger charge is -2.10. The van der Waals surface area contributed by atoms with Crippen LogP contribution in [0.5, 0.6) is 0 Å². The number of oxazole rings is 1. The Labute approximate surface area is 123 Å². The van der Waals surface area contributed by atoms with Gasteiger partial charge in [-0.2, -0.15) is 0 Å². The first-order valence-corrected chi connectivity index (χ1v) is 7.10. The third kappa shape index (κ3) is 2.97.